The zero-order valence-electron chi connectivity index (χ0n) is 9.33. The summed E-state index contributed by atoms with van der Waals surface area (Å²) in [6, 6.07) is 2.86. The molecule has 3 rings (SSSR count). The number of hydrogen-bond acceptors (Lipinski definition) is 5. The van der Waals surface area contributed by atoms with E-state index in [1.807, 2.05) is 0 Å². The fourth-order valence-electron chi connectivity index (χ4n) is 1.90. The predicted molar refractivity (Wildman–Crippen MR) is 62.9 cm³/mol. The van der Waals surface area contributed by atoms with Crippen LogP contribution in [0.25, 0.3) is 5.65 Å². The van der Waals surface area contributed by atoms with Gasteiger partial charge in [0.25, 0.3) is 0 Å². The van der Waals surface area contributed by atoms with Gasteiger partial charge in [0.05, 0.1) is 5.69 Å². The first-order valence-corrected chi connectivity index (χ1v) is 5.36. The highest BCUT2D eigenvalue weighted by molar-refractivity contribution is 6.05. The van der Waals surface area contributed by atoms with Crippen LogP contribution < -0.4 is 16.0 Å². The molecule has 1 fully saturated rings. The summed E-state index contributed by atoms with van der Waals surface area (Å²) in [4.78, 5) is 28.3. The monoisotopic (exact) mass is 246 g/mol. The third-order valence-electron chi connectivity index (χ3n) is 2.77. The number of nitrogens with one attached hydrogen (secondary N) is 1. The number of urea groups is 1. The van der Waals surface area contributed by atoms with E-state index in [0.717, 1.165) is 0 Å². The van der Waals surface area contributed by atoms with Gasteiger partial charge in [-0.2, -0.15) is 9.61 Å². The zero-order valence-corrected chi connectivity index (χ0v) is 9.33. The molecule has 1 aliphatic heterocycles. The Morgan fingerprint density at radius 3 is 2.94 bits per heavy atom. The Kier molecular flexibility index (Phi) is 2.15. The van der Waals surface area contributed by atoms with Crippen LogP contribution in [0, 0.1) is 0 Å². The van der Waals surface area contributed by atoms with Crippen LogP contribution in [0.2, 0.25) is 0 Å². The third-order valence-corrected chi connectivity index (χ3v) is 2.77. The Morgan fingerprint density at radius 2 is 2.17 bits per heavy atom. The summed E-state index contributed by atoms with van der Waals surface area (Å²) in [5, 5.41) is 6.28. The average molecular weight is 246 g/mol. The highest BCUT2D eigenvalue weighted by Gasteiger charge is 2.26. The minimum atomic E-state index is -0.465. The molecule has 2 aromatic rings. The van der Waals surface area contributed by atoms with Gasteiger partial charge in [-0.1, -0.05) is 0 Å². The second-order valence-electron chi connectivity index (χ2n) is 3.90. The molecule has 0 bridgehead atoms. The number of carbonyl (C=O) groups is 2. The van der Waals surface area contributed by atoms with Gasteiger partial charge in [0.2, 0.25) is 5.91 Å². The summed E-state index contributed by atoms with van der Waals surface area (Å²) in [5.74, 6) is 0.253. The number of nitrogens with zero attached hydrogens (tertiary/aromatic N) is 4. The highest BCUT2D eigenvalue weighted by Crippen LogP contribution is 2.21. The van der Waals surface area contributed by atoms with Gasteiger partial charge in [-0.05, 0) is 12.1 Å². The van der Waals surface area contributed by atoms with E-state index in [0.29, 0.717) is 23.7 Å². The Hall–Kier alpha value is -2.64. The molecule has 0 radical (unpaired) electrons. The van der Waals surface area contributed by atoms with E-state index in [-0.39, 0.29) is 12.3 Å². The van der Waals surface area contributed by atoms with Crippen LogP contribution in [-0.2, 0) is 4.79 Å². The number of carbonyl (C=O) groups excluding carboxylic acids is 2. The maximum Gasteiger partial charge on any atom is 0.329 e. The maximum atomic E-state index is 11.8. The predicted octanol–water partition coefficient (Wildman–Crippen LogP) is -0.242. The van der Waals surface area contributed by atoms with Crippen molar-refractivity contribution in [1.82, 2.24) is 19.9 Å². The molecule has 0 saturated carbocycles. The van der Waals surface area contributed by atoms with E-state index in [2.05, 4.69) is 15.4 Å². The topological polar surface area (TPSA) is 106 Å². The lowest BCUT2D eigenvalue weighted by molar-refractivity contribution is -0.120. The number of pyridine rings is 1. The lowest BCUT2D eigenvalue weighted by Gasteiger charge is -2.26. The van der Waals surface area contributed by atoms with Crippen LogP contribution >= 0.6 is 0 Å². The van der Waals surface area contributed by atoms with Gasteiger partial charge < -0.3 is 5.73 Å². The molecule has 18 heavy (non-hydrogen) atoms. The van der Waals surface area contributed by atoms with Crippen molar-refractivity contribution in [3.05, 3.63) is 18.5 Å². The molecule has 3 N–H and O–H groups in total. The van der Waals surface area contributed by atoms with Crippen molar-refractivity contribution in [3.63, 3.8) is 0 Å². The largest absolute Gasteiger partial charge is 0.396 e. The number of aromatic nitrogens is 3. The molecule has 3 heterocycles. The van der Waals surface area contributed by atoms with Crippen LogP contribution in [0.3, 0.4) is 0 Å². The van der Waals surface area contributed by atoms with Gasteiger partial charge in [0, 0.05) is 13.0 Å². The fraction of sp³-hybridized carbons (Fsp3) is 0.200. The summed E-state index contributed by atoms with van der Waals surface area (Å²) >= 11 is 0. The summed E-state index contributed by atoms with van der Waals surface area (Å²) in [6.07, 6.45) is 1.62. The first kappa shape index (κ1) is 10.5. The fourth-order valence-corrected chi connectivity index (χ4v) is 1.90. The van der Waals surface area contributed by atoms with Crippen molar-refractivity contribution in [2.75, 3.05) is 17.2 Å². The molecule has 3 amide bonds. The van der Waals surface area contributed by atoms with Crippen molar-refractivity contribution >= 4 is 29.1 Å². The van der Waals surface area contributed by atoms with Crippen LogP contribution in [0.5, 0.6) is 0 Å². The number of rotatable bonds is 1. The van der Waals surface area contributed by atoms with Crippen LogP contribution in [0.4, 0.5) is 16.3 Å². The molecule has 0 unspecified atom stereocenters. The molecule has 1 saturated heterocycles. The summed E-state index contributed by atoms with van der Waals surface area (Å²) in [5.41, 5.74) is 6.72. The molecule has 8 heteroatoms. The van der Waals surface area contributed by atoms with Gasteiger partial charge in [0.1, 0.15) is 12.1 Å². The summed E-state index contributed by atoms with van der Waals surface area (Å²) < 4.78 is 1.48. The summed E-state index contributed by atoms with van der Waals surface area (Å²) in [6.45, 7) is 0.309. The molecule has 8 nitrogen and oxygen atoms in total. The second-order valence-corrected chi connectivity index (χ2v) is 3.90. The van der Waals surface area contributed by atoms with Crippen molar-refractivity contribution in [2.45, 2.75) is 6.42 Å². The quantitative estimate of drug-likeness (QED) is 0.722. The minimum Gasteiger partial charge on any atom is -0.396 e. The van der Waals surface area contributed by atoms with Crippen molar-refractivity contribution in [3.8, 4) is 0 Å². The van der Waals surface area contributed by atoms with E-state index >= 15 is 0 Å². The molecule has 92 valence electrons. The smallest absolute Gasteiger partial charge is 0.329 e. The standard InChI is InChI=1S/C10H10N6O2/c11-6-1-2-8(16-9(6)12-5-13-16)15-4-3-7(17)14-10(15)18/h1-2,5H,3-4,11H2,(H,14,17,18). The number of nitrogens with two attached hydrogens (primary N) is 1. The Labute approximate surface area is 101 Å². The van der Waals surface area contributed by atoms with E-state index in [1.54, 1.807) is 12.1 Å². The molecule has 0 atom stereocenters. The molecule has 0 spiro atoms. The lowest BCUT2D eigenvalue weighted by Crippen LogP contribution is -2.50. The molecule has 2 aromatic heterocycles. The molecule has 0 aromatic carbocycles. The molecular formula is C10H10N6O2. The number of amides is 3. The van der Waals surface area contributed by atoms with Gasteiger partial charge in [-0.3, -0.25) is 15.0 Å². The van der Waals surface area contributed by atoms with Crippen LogP contribution in [0.1, 0.15) is 6.42 Å². The molecule has 0 aliphatic carbocycles. The Bertz CT molecular complexity index is 649. The van der Waals surface area contributed by atoms with Gasteiger partial charge in [-0.15, -0.1) is 0 Å². The zero-order chi connectivity index (χ0) is 12.7. The minimum absolute atomic E-state index is 0.256. The number of nitrogen functional groups attached to an aromatic ring is 1. The van der Waals surface area contributed by atoms with Gasteiger partial charge >= 0.3 is 6.03 Å². The number of anilines is 2. The molecular weight excluding hydrogens is 236 g/mol. The van der Waals surface area contributed by atoms with Crippen molar-refractivity contribution in [1.29, 1.82) is 0 Å². The molecule has 1 aliphatic rings. The van der Waals surface area contributed by atoms with Gasteiger partial charge in [-0.25, -0.2) is 9.78 Å². The Morgan fingerprint density at radius 1 is 1.33 bits per heavy atom. The first-order valence-electron chi connectivity index (χ1n) is 5.36. The SMILES string of the molecule is Nc1ccc(N2CCC(=O)NC2=O)n2ncnc12. The third kappa shape index (κ3) is 1.46. The highest BCUT2D eigenvalue weighted by atomic mass is 16.2. The van der Waals surface area contributed by atoms with Gasteiger partial charge in [0.15, 0.2) is 5.65 Å². The normalized spacial score (nSPS) is 16.1. The van der Waals surface area contributed by atoms with Crippen molar-refractivity contribution < 1.29 is 9.59 Å². The van der Waals surface area contributed by atoms with Crippen LogP contribution in [0.15, 0.2) is 18.5 Å². The Balaban J connectivity index is 2.09. The second kappa shape index (κ2) is 3.69. The van der Waals surface area contributed by atoms with Crippen molar-refractivity contribution in [2.24, 2.45) is 0 Å². The lowest BCUT2D eigenvalue weighted by atomic mass is 10.3. The number of fused-ring (bicyclic) bond motifs is 1. The maximum absolute atomic E-state index is 11.8. The van der Waals surface area contributed by atoms with E-state index in [4.69, 9.17) is 5.73 Å². The average Bonchev–Trinajstić information content (AvgIpc) is 2.81. The van der Waals surface area contributed by atoms with Crippen LogP contribution in [-0.4, -0.2) is 33.1 Å². The van der Waals surface area contributed by atoms with E-state index in [9.17, 15) is 9.59 Å². The van der Waals surface area contributed by atoms with E-state index in [1.165, 1.54) is 15.7 Å². The summed E-state index contributed by atoms with van der Waals surface area (Å²) in [7, 11) is 0. The number of hydrogen-bond donors (Lipinski definition) is 2. The van der Waals surface area contributed by atoms with E-state index < -0.39 is 6.03 Å². The number of imide groups is 1. The first-order chi connectivity index (χ1) is 8.66.